The van der Waals surface area contributed by atoms with Crippen molar-refractivity contribution in [3.8, 4) is 23.0 Å². The van der Waals surface area contributed by atoms with E-state index in [1.807, 2.05) is 6.92 Å². The Morgan fingerprint density at radius 3 is 2.13 bits per heavy atom. The van der Waals surface area contributed by atoms with E-state index in [9.17, 15) is 18.0 Å². The number of rotatable bonds is 16. The zero-order chi connectivity index (χ0) is 34.0. The minimum Gasteiger partial charge on any atom is -0.497 e. The van der Waals surface area contributed by atoms with Crippen LogP contribution in [-0.2, 0) is 26.2 Å². The summed E-state index contributed by atoms with van der Waals surface area (Å²) in [5.74, 6) is -0.0794. The number of sulfonamides is 1. The highest BCUT2D eigenvalue weighted by Crippen LogP contribution is 2.38. The molecule has 3 aromatic rings. The van der Waals surface area contributed by atoms with Crippen molar-refractivity contribution in [3.63, 3.8) is 0 Å². The first-order valence-electron chi connectivity index (χ1n) is 14.4. The molecule has 0 unspecified atom stereocenters. The molecule has 11 nitrogen and oxygen atoms in total. The third-order valence-electron chi connectivity index (χ3n) is 7.21. The van der Waals surface area contributed by atoms with Gasteiger partial charge in [-0.3, -0.25) is 13.9 Å². The average Bonchev–Trinajstić information content (AvgIpc) is 3.06. The molecule has 0 aliphatic carbocycles. The van der Waals surface area contributed by atoms with Gasteiger partial charge in [0.1, 0.15) is 24.1 Å². The fourth-order valence-electron chi connectivity index (χ4n) is 4.56. The average molecular weight is 697 g/mol. The molecule has 1 N–H and O–H groups in total. The topological polar surface area (TPSA) is 124 Å². The number of halogens is 2. The third kappa shape index (κ3) is 8.68. The number of nitrogens with one attached hydrogen (secondary N) is 1. The second kappa shape index (κ2) is 16.6. The monoisotopic (exact) mass is 695 g/mol. The predicted molar refractivity (Wildman–Crippen MR) is 178 cm³/mol. The van der Waals surface area contributed by atoms with Crippen LogP contribution < -0.4 is 28.6 Å². The standard InChI is InChI=1S/C32H39Cl2N3O8S/c1-7-8-15-35-32(39)21(2)36(19-22-9-12-25(33)26(34)16-22)31(38)20-37(27-17-23(42-3)10-13-28(27)43-4)46(40,41)24-11-14-29(44-5)30(18-24)45-6/h9-14,16-18,21H,7-8,15,19-20H2,1-6H3,(H,35,39)/t21-/m0/s1. The van der Waals surface area contributed by atoms with Crippen LogP contribution in [0.3, 0.4) is 0 Å². The van der Waals surface area contributed by atoms with Gasteiger partial charge in [0.25, 0.3) is 10.0 Å². The number of methoxy groups -OCH3 is 4. The van der Waals surface area contributed by atoms with Crippen LogP contribution >= 0.6 is 23.2 Å². The highest BCUT2D eigenvalue weighted by Gasteiger charge is 2.34. The first kappa shape index (κ1) is 36.6. The third-order valence-corrected chi connectivity index (χ3v) is 9.71. The van der Waals surface area contributed by atoms with E-state index in [0.717, 1.165) is 17.1 Å². The van der Waals surface area contributed by atoms with Gasteiger partial charge in [-0.15, -0.1) is 0 Å². The van der Waals surface area contributed by atoms with E-state index in [1.165, 1.54) is 63.7 Å². The van der Waals surface area contributed by atoms with Gasteiger partial charge in [0, 0.05) is 25.2 Å². The van der Waals surface area contributed by atoms with Crippen LogP contribution in [0.25, 0.3) is 0 Å². The molecule has 3 aromatic carbocycles. The van der Waals surface area contributed by atoms with E-state index >= 15 is 0 Å². The summed E-state index contributed by atoms with van der Waals surface area (Å²) >= 11 is 12.4. The summed E-state index contributed by atoms with van der Waals surface area (Å²) < 4.78 is 51.2. The molecule has 14 heteroatoms. The van der Waals surface area contributed by atoms with E-state index in [2.05, 4.69) is 5.32 Å². The Hall–Kier alpha value is -3.87. The molecule has 2 amide bonds. The number of amides is 2. The molecule has 0 bridgehead atoms. The molecule has 0 aromatic heterocycles. The first-order valence-corrected chi connectivity index (χ1v) is 16.6. The number of unbranched alkanes of at least 4 members (excludes halogenated alkanes) is 1. The summed E-state index contributed by atoms with van der Waals surface area (Å²) in [4.78, 5) is 28.6. The van der Waals surface area contributed by atoms with Crippen LogP contribution in [0.2, 0.25) is 10.0 Å². The molecule has 0 radical (unpaired) electrons. The molecular weight excluding hydrogens is 657 g/mol. The molecule has 46 heavy (non-hydrogen) atoms. The Morgan fingerprint density at radius 1 is 0.848 bits per heavy atom. The van der Waals surface area contributed by atoms with Gasteiger partial charge in [0.2, 0.25) is 11.8 Å². The molecule has 1 atom stereocenters. The normalized spacial score (nSPS) is 11.7. The van der Waals surface area contributed by atoms with Gasteiger partial charge < -0.3 is 29.2 Å². The highest BCUT2D eigenvalue weighted by atomic mass is 35.5. The molecule has 0 saturated carbocycles. The zero-order valence-electron chi connectivity index (χ0n) is 26.6. The number of benzene rings is 3. The SMILES string of the molecule is CCCCNC(=O)[C@H](C)N(Cc1ccc(Cl)c(Cl)c1)C(=O)CN(c1cc(OC)ccc1OC)S(=O)(=O)c1ccc(OC)c(OC)c1. The summed E-state index contributed by atoms with van der Waals surface area (Å²) in [6, 6.07) is 12.6. The maximum Gasteiger partial charge on any atom is 0.265 e. The van der Waals surface area contributed by atoms with Crippen LogP contribution in [0.5, 0.6) is 23.0 Å². The van der Waals surface area contributed by atoms with Crippen molar-refractivity contribution in [2.24, 2.45) is 0 Å². The minimum atomic E-state index is -4.47. The van der Waals surface area contributed by atoms with Crippen molar-refractivity contribution in [3.05, 3.63) is 70.2 Å². The summed E-state index contributed by atoms with van der Waals surface area (Å²) in [6.45, 7) is 3.24. The molecule has 0 aliphatic heterocycles. The van der Waals surface area contributed by atoms with Crippen molar-refractivity contribution in [1.29, 1.82) is 0 Å². The van der Waals surface area contributed by atoms with Gasteiger partial charge in [-0.1, -0.05) is 42.6 Å². The Balaban J connectivity index is 2.16. The van der Waals surface area contributed by atoms with Crippen LogP contribution in [0, 0.1) is 0 Å². The van der Waals surface area contributed by atoms with Gasteiger partial charge >= 0.3 is 0 Å². The molecule has 0 saturated heterocycles. The molecule has 0 heterocycles. The van der Waals surface area contributed by atoms with Gasteiger partial charge in [-0.2, -0.15) is 0 Å². The van der Waals surface area contributed by atoms with Crippen molar-refractivity contribution < 1.29 is 37.0 Å². The summed E-state index contributed by atoms with van der Waals surface area (Å²) in [5.41, 5.74) is 0.628. The second-order valence-corrected chi connectivity index (χ2v) is 12.8. The van der Waals surface area contributed by atoms with Gasteiger partial charge in [0.05, 0.1) is 49.1 Å². The quantitative estimate of drug-likeness (QED) is 0.193. The summed E-state index contributed by atoms with van der Waals surface area (Å²) in [5, 5.41) is 3.44. The van der Waals surface area contributed by atoms with Gasteiger partial charge in [-0.25, -0.2) is 8.42 Å². The molecule has 250 valence electrons. The summed E-state index contributed by atoms with van der Waals surface area (Å²) in [7, 11) is 1.16. The second-order valence-electron chi connectivity index (χ2n) is 10.2. The van der Waals surface area contributed by atoms with E-state index in [1.54, 1.807) is 31.2 Å². The smallest absolute Gasteiger partial charge is 0.265 e. The van der Waals surface area contributed by atoms with E-state index < -0.39 is 34.4 Å². The Bertz CT molecular complexity index is 1640. The fourth-order valence-corrected chi connectivity index (χ4v) is 6.32. The van der Waals surface area contributed by atoms with Crippen LogP contribution in [-0.4, -0.2) is 72.7 Å². The zero-order valence-corrected chi connectivity index (χ0v) is 29.0. The number of hydrogen-bond acceptors (Lipinski definition) is 8. The van der Waals surface area contributed by atoms with Gasteiger partial charge in [0.15, 0.2) is 11.5 Å². The molecule has 0 spiro atoms. The Kier molecular flexibility index (Phi) is 13.2. The van der Waals surface area contributed by atoms with Crippen LogP contribution in [0.15, 0.2) is 59.5 Å². The van der Waals surface area contributed by atoms with E-state index in [4.69, 9.17) is 42.1 Å². The van der Waals surface area contributed by atoms with Gasteiger partial charge in [-0.05, 0) is 55.3 Å². The Labute approximate surface area is 280 Å². The number of ether oxygens (including phenoxy) is 4. The lowest BCUT2D eigenvalue weighted by Gasteiger charge is -2.32. The van der Waals surface area contributed by atoms with E-state index in [-0.39, 0.29) is 33.6 Å². The van der Waals surface area contributed by atoms with E-state index in [0.29, 0.717) is 28.6 Å². The molecular formula is C32H39Cl2N3O8S. The molecule has 0 aliphatic rings. The lowest BCUT2D eigenvalue weighted by Crippen LogP contribution is -2.51. The lowest BCUT2D eigenvalue weighted by atomic mass is 10.1. The summed E-state index contributed by atoms with van der Waals surface area (Å²) in [6.07, 6.45) is 1.62. The lowest BCUT2D eigenvalue weighted by molar-refractivity contribution is -0.139. The number of hydrogen-bond donors (Lipinski definition) is 1. The maximum atomic E-state index is 14.4. The fraction of sp³-hybridized carbons (Fsp3) is 0.375. The largest absolute Gasteiger partial charge is 0.497 e. The number of nitrogens with zero attached hydrogens (tertiary/aromatic N) is 2. The first-order chi connectivity index (χ1) is 21.9. The predicted octanol–water partition coefficient (Wildman–Crippen LogP) is 5.56. The number of carbonyl (C=O) groups excluding carboxylic acids is 2. The highest BCUT2D eigenvalue weighted by molar-refractivity contribution is 7.92. The Morgan fingerprint density at radius 2 is 1.52 bits per heavy atom. The minimum absolute atomic E-state index is 0.0412. The van der Waals surface area contributed by atoms with Crippen LogP contribution in [0.1, 0.15) is 32.3 Å². The van der Waals surface area contributed by atoms with Crippen LogP contribution in [0.4, 0.5) is 5.69 Å². The van der Waals surface area contributed by atoms with Crippen molar-refractivity contribution in [2.75, 3.05) is 45.8 Å². The van der Waals surface area contributed by atoms with Crippen molar-refractivity contribution in [1.82, 2.24) is 10.2 Å². The molecule has 3 rings (SSSR count). The van der Waals surface area contributed by atoms with Crippen molar-refractivity contribution >= 4 is 50.7 Å². The molecule has 0 fully saturated rings. The van der Waals surface area contributed by atoms with Crippen molar-refractivity contribution in [2.45, 2.75) is 44.2 Å². The number of anilines is 1. The maximum absolute atomic E-state index is 14.4. The number of carbonyl (C=O) groups is 2.